The molecule has 2 rings (SSSR count). The minimum Gasteiger partial charge on any atom is -0.497 e. The molecule has 0 aliphatic rings. The number of benzene rings is 2. The van der Waals surface area contributed by atoms with Crippen molar-refractivity contribution in [3.05, 3.63) is 65.2 Å². The third-order valence-corrected chi connectivity index (χ3v) is 3.57. The summed E-state index contributed by atoms with van der Waals surface area (Å²) in [4.78, 5) is 0. The predicted molar refractivity (Wildman–Crippen MR) is 79.7 cm³/mol. The molecular weight excluding hydrogens is 291 g/mol. The summed E-state index contributed by atoms with van der Waals surface area (Å²) < 4.78 is 42.6. The Kier molecular flexibility index (Phi) is 5.08. The first-order valence-electron chi connectivity index (χ1n) is 6.96. The summed E-state index contributed by atoms with van der Waals surface area (Å²) in [5.41, 5.74) is 7.22. The van der Waals surface area contributed by atoms with Gasteiger partial charge in [0.25, 0.3) is 0 Å². The molecule has 2 N–H and O–H groups in total. The molecule has 1 unspecified atom stereocenters. The summed E-state index contributed by atoms with van der Waals surface area (Å²) in [5, 5.41) is 0. The van der Waals surface area contributed by atoms with E-state index in [1.165, 1.54) is 12.1 Å². The Morgan fingerprint density at radius 1 is 1.00 bits per heavy atom. The summed E-state index contributed by atoms with van der Waals surface area (Å²) in [5.74, 6) is 0.788. The summed E-state index contributed by atoms with van der Waals surface area (Å²) >= 11 is 0. The maximum atomic E-state index is 12.5. The molecule has 2 aromatic carbocycles. The molecule has 0 bridgehead atoms. The van der Waals surface area contributed by atoms with Crippen molar-refractivity contribution in [2.24, 2.45) is 5.73 Å². The van der Waals surface area contributed by atoms with Gasteiger partial charge in [-0.3, -0.25) is 0 Å². The Bertz CT molecular complexity index is 591. The van der Waals surface area contributed by atoms with Crippen molar-refractivity contribution in [1.82, 2.24) is 0 Å². The fourth-order valence-corrected chi connectivity index (χ4v) is 2.20. The lowest BCUT2D eigenvalue weighted by Gasteiger charge is -2.14. The standard InChI is InChI=1S/C17H18F3NO/c1-22-15-9-2-12(3-10-15)4-11-16(21)13-5-7-14(8-6-13)17(18,19)20/h2-3,5-10,16H,4,11,21H2,1H3. The van der Waals surface area contributed by atoms with Crippen LogP contribution in [0.4, 0.5) is 13.2 Å². The van der Waals surface area contributed by atoms with Crippen LogP contribution < -0.4 is 10.5 Å². The van der Waals surface area contributed by atoms with Crippen molar-refractivity contribution in [2.45, 2.75) is 25.1 Å². The van der Waals surface area contributed by atoms with Crippen LogP contribution in [-0.2, 0) is 12.6 Å². The maximum Gasteiger partial charge on any atom is 0.416 e. The molecule has 0 saturated carbocycles. The smallest absolute Gasteiger partial charge is 0.416 e. The fourth-order valence-electron chi connectivity index (χ4n) is 2.20. The van der Waals surface area contributed by atoms with E-state index < -0.39 is 11.7 Å². The van der Waals surface area contributed by atoms with E-state index in [0.717, 1.165) is 29.9 Å². The number of nitrogens with two attached hydrogens (primary N) is 1. The van der Waals surface area contributed by atoms with Crippen LogP contribution in [0, 0.1) is 0 Å². The molecule has 22 heavy (non-hydrogen) atoms. The summed E-state index contributed by atoms with van der Waals surface area (Å²) in [7, 11) is 1.61. The molecule has 0 saturated heterocycles. The van der Waals surface area contributed by atoms with Gasteiger partial charge in [0.2, 0.25) is 0 Å². The zero-order chi connectivity index (χ0) is 16.2. The Hall–Kier alpha value is -2.01. The van der Waals surface area contributed by atoms with Crippen LogP contribution in [0.5, 0.6) is 5.75 Å². The fraction of sp³-hybridized carbons (Fsp3) is 0.294. The van der Waals surface area contributed by atoms with Crippen molar-refractivity contribution < 1.29 is 17.9 Å². The van der Waals surface area contributed by atoms with Crippen LogP contribution in [0.2, 0.25) is 0 Å². The number of halogens is 3. The number of aryl methyl sites for hydroxylation is 1. The van der Waals surface area contributed by atoms with Crippen LogP contribution in [0.25, 0.3) is 0 Å². The minimum atomic E-state index is -4.31. The normalized spacial score (nSPS) is 13.0. The first kappa shape index (κ1) is 16.4. The average Bonchev–Trinajstić information content (AvgIpc) is 2.52. The van der Waals surface area contributed by atoms with Crippen molar-refractivity contribution in [3.8, 4) is 5.75 Å². The van der Waals surface area contributed by atoms with Crippen LogP contribution in [0.15, 0.2) is 48.5 Å². The molecule has 1 atom stereocenters. The van der Waals surface area contributed by atoms with Gasteiger partial charge >= 0.3 is 6.18 Å². The highest BCUT2D eigenvalue weighted by molar-refractivity contribution is 5.29. The van der Waals surface area contributed by atoms with Crippen molar-refractivity contribution in [1.29, 1.82) is 0 Å². The molecule has 0 aliphatic carbocycles. The highest BCUT2D eigenvalue weighted by Crippen LogP contribution is 2.30. The van der Waals surface area contributed by atoms with E-state index in [0.29, 0.717) is 12.0 Å². The van der Waals surface area contributed by atoms with Crippen LogP contribution in [0.3, 0.4) is 0 Å². The van der Waals surface area contributed by atoms with Crippen molar-refractivity contribution >= 4 is 0 Å². The first-order valence-corrected chi connectivity index (χ1v) is 6.96. The second kappa shape index (κ2) is 6.83. The van der Waals surface area contributed by atoms with E-state index in [4.69, 9.17) is 10.5 Å². The Balaban J connectivity index is 1.95. The minimum absolute atomic E-state index is 0.288. The van der Waals surface area contributed by atoms with Gasteiger partial charge in [-0.25, -0.2) is 0 Å². The second-order valence-corrected chi connectivity index (χ2v) is 5.11. The van der Waals surface area contributed by atoms with E-state index in [1.54, 1.807) is 7.11 Å². The second-order valence-electron chi connectivity index (χ2n) is 5.11. The number of ether oxygens (including phenoxy) is 1. The van der Waals surface area contributed by atoms with Crippen LogP contribution in [0.1, 0.15) is 29.2 Å². The van der Waals surface area contributed by atoms with Gasteiger partial charge in [0.15, 0.2) is 0 Å². The molecule has 0 radical (unpaired) electrons. The van der Waals surface area contributed by atoms with E-state index in [2.05, 4.69) is 0 Å². The molecule has 0 amide bonds. The number of alkyl halides is 3. The molecule has 0 aromatic heterocycles. The molecule has 2 aromatic rings. The highest BCUT2D eigenvalue weighted by Gasteiger charge is 2.30. The monoisotopic (exact) mass is 309 g/mol. The lowest BCUT2D eigenvalue weighted by atomic mass is 9.98. The molecule has 0 aliphatic heterocycles. The SMILES string of the molecule is COc1ccc(CCC(N)c2ccc(C(F)(F)F)cc2)cc1. The van der Waals surface area contributed by atoms with Crippen molar-refractivity contribution in [2.75, 3.05) is 7.11 Å². The quantitative estimate of drug-likeness (QED) is 0.891. The Morgan fingerprint density at radius 3 is 2.09 bits per heavy atom. The topological polar surface area (TPSA) is 35.2 Å². The number of methoxy groups -OCH3 is 1. The largest absolute Gasteiger partial charge is 0.497 e. The molecule has 5 heteroatoms. The van der Waals surface area contributed by atoms with Crippen molar-refractivity contribution in [3.63, 3.8) is 0 Å². The maximum absolute atomic E-state index is 12.5. The van der Waals surface area contributed by atoms with Gasteiger partial charge < -0.3 is 10.5 Å². The lowest BCUT2D eigenvalue weighted by molar-refractivity contribution is -0.137. The molecule has 0 fully saturated rings. The summed E-state index contributed by atoms with van der Waals surface area (Å²) in [6, 6.07) is 12.4. The van der Waals surface area contributed by atoms with Gasteiger partial charge in [-0.15, -0.1) is 0 Å². The van der Waals surface area contributed by atoms with E-state index in [-0.39, 0.29) is 6.04 Å². The number of hydrogen-bond acceptors (Lipinski definition) is 2. The van der Waals surface area contributed by atoms with Gasteiger partial charge in [0.1, 0.15) is 5.75 Å². The Labute approximate surface area is 127 Å². The van der Waals surface area contributed by atoms with E-state index in [9.17, 15) is 13.2 Å². The molecule has 118 valence electrons. The number of rotatable bonds is 5. The lowest BCUT2D eigenvalue weighted by Crippen LogP contribution is -2.12. The zero-order valence-corrected chi connectivity index (χ0v) is 12.2. The number of hydrogen-bond donors (Lipinski definition) is 1. The zero-order valence-electron chi connectivity index (χ0n) is 12.2. The average molecular weight is 309 g/mol. The van der Waals surface area contributed by atoms with E-state index in [1.807, 2.05) is 24.3 Å². The van der Waals surface area contributed by atoms with Gasteiger partial charge in [-0.2, -0.15) is 13.2 Å². The molecule has 0 spiro atoms. The van der Waals surface area contributed by atoms with Crippen LogP contribution in [-0.4, -0.2) is 7.11 Å². The highest BCUT2D eigenvalue weighted by atomic mass is 19.4. The van der Waals surface area contributed by atoms with E-state index >= 15 is 0 Å². The third kappa shape index (κ3) is 4.24. The predicted octanol–water partition coefficient (Wildman–Crippen LogP) is 4.35. The van der Waals surface area contributed by atoms with Crippen LogP contribution >= 0.6 is 0 Å². The first-order chi connectivity index (χ1) is 10.4. The third-order valence-electron chi connectivity index (χ3n) is 3.57. The van der Waals surface area contributed by atoms with Gasteiger partial charge in [-0.1, -0.05) is 24.3 Å². The molecule has 2 nitrogen and oxygen atoms in total. The molecular formula is C17H18F3NO. The summed E-state index contributed by atoms with van der Waals surface area (Å²) in [6.45, 7) is 0. The summed E-state index contributed by atoms with van der Waals surface area (Å²) in [6.07, 6.45) is -2.89. The van der Waals surface area contributed by atoms with Gasteiger partial charge in [0, 0.05) is 6.04 Å². The Morgan fingerprint density at radius 2 is 1.59 bits per heavy atom. The molecule has 0 heterocycles. The van der Waals surface area contributed by atoms with Gasteiger partial charge in [-0.05, 0) is 48.2 Å². The van der Waals surface area contributed by atoms with Gasteiger partial charge in [0.05, 0.1) is 12.7 Å².